The van der Waals surface area contributed by atoms with Gasteiger partial charge in [0.1, 0.15) is 0 Å². The highest BCUT2D eigenvalue weighted by Gasteiger charge is 2.40. The van der Waals surface area contributed by atoms with Crippen LogP contribution >= 0.6 is 0 Å². The van der Waals surface area contributed by atoms with Crippen molar-refractivity contribution in [3.05, 3.63) is 75.3 Å². The third kappa shape index (κ3) is 3.02. The summed E-state index contributed by atoms with van der Waals surface area (Å²) >= 11 is 0. The molecule has 2 aliphatic rings. The number of hydrogen-bond donors (Lipinski definition) is 0. The van der Waals surface area contributed by atoms with E-state index >= 15 is 0 Å². The van der Waals surface area contributed by atoms with Gasteiger partial charge in [-0.1, -0.05) is 42.5 Å². The number of para-hydroxylation sites is 1. The lowest BCUT2D eigenvalue weighted by Crippen LogP contribution is -2.37. The van der Waals surface area contributed by atoms with Gasteiger partial charge in [-0.3, -0.25) is 14.9 Å². The number of carbonyl (C=O) groups is 1. The normalized spacial score (nSPS) is 18.6. The van der Waals surface area contributed by atoms with Crippen LogP contribution in [0.1, 0.15) is 42.0 Å². The molecule has 5 heteroatoms. The van der Waals surface area contributed by atoms with E-state index in [4.69, 9.17) is 0 Å². The third-order valence-electron chi connectivity index (χ3n) is 5.20. The first-order chi connectivity index (χ1) is 12.1. The van der Waals surface area contributed by atoms with Gasteiger partial charge < -0.3 is 4.90 Å². The fourth-order valence-electron chi connectivity index (χ4n) is 3.90. The maximum Gasteiger partial charge on any atom is 0.273 e. The molecule has 2 aromatic rings. The van der Waals surface area contributed by atoms with Crippen molar-refractivity contribution in [3.8, 4) is 0 Å². The summed E-state index contributed by atoms with van der Waals surface area (Å²) in [6, 6.07) is 15.2. The van der Waals surface area contributed by atoms with Gasteiger partial charge in [-0.15, -0.1) is 0 Å². The molecule has 0 saturated heterocycles. The Morgan fingerprint density at radius 3 is 2.56 bits per heavy atom. The van der Waals surface area contributed by atoms with Crippen molar-refractivity contribution in [1.82, 2.24) is 4.90 Å². The number of carbonyl (C=O) groups excluding carboxylic acids is 1. The Balaban J connectivity index is 1.61. The fraction of sp³-hybridized carbons (Fsp3) is 0.350. The van der Waals surface area contributed by atoms with Gasteiger partial charge in [0, 0.05) is 17.7 Å². The second kappa shape index (κ2) is 6.31. The molecule has 128 valence electrons. The minimum Gasteiger partial charge on any atom is -0.332 e. The molecule has 4 rings (SSSR count). The van der Waals surface area contributed by atoms with E-state index in [9.17, 15) is 14.9 Å². The van der Waals surface area contributed by atoms with Crippen LogP contribution in [0.5, 0.6) is 0 Å². The molecule has 0 spiro atoms. The van der Waals surface area contributed by atoms with Crippen LogP contribution in [0.2, 0.25) is 0 Å². The first-order valence-electron chi connectivity index (χ1n) is 8.76. The Labute approximate surface area is 146 Å². The zero-order chi connectivity index (χ0) is 17.4. The fourth-order valence-corrected chi connectivity index (χ4v) is 3.90. The molecule has 0 bridgehead atoms. The van der Waals surface area contributed by atoms with E-state index in [1.54, 1.807) is 18.2 Å². The van der Waals surface area contributed by atoms with Crippen molar-refractivity contribution in [2.75, 3.05) is 0 Å². The maximum atomic E-state index is 13.1. The minimum absolute atomic E-state index is 0.00139. The van der Waals surface area contributed by atoms with Crippen LogP contribution in [0, 0.1) is 10.1 Å². The van der Waals surface area contributed by atoms with E-state index in [2.05, 4.69) is 12.1 Å². The average Bonchev–Trinajstić information content (AvgIpc) is 3.35. The number of amides is 1. The first-order valence-corrected chi connectivity index (χ1v) is 8.76. The summed E-state index contributed by atoms with van der Waals surface area (Å²) in [6.45, 7) is 0. The standard InChI is InChI=1S/C20H20N2O3/c23-20(13-15-6-2-4-8-18(15)22(24)25)21(16-10-11-16)19-12-9-14-5-1-3-7-17(14)19/h1-8,16,19H,9-13H2. The number of hydrogen-bond acceptors (Lipinski definition) is 3. The van der Waals surface area contributed by atoms with Crippen molar-refractivity contribution in [1.29, 1.82) is 0 Å². The van der Waals surface area contributed by atoms with Gasteiger partial charge in [0.15, 0.2) is 0 Å². The van der Waals surface area contributed by atoms with E-state index < -0.39 is 4.92 Å². The van der Waals surface area contributed by atoms with Gasteiger partial charge in [0.25, 0.3) is 5.69 Å². The molecule has 1 fully saturated rings. The number of nitrogens with zero attached hydrogens (tertiary/aromatic N) is 2. The van der Waals surface area contributed by atoms with Crippen molar-refractivity contribution in [2.45, 2.75) is 44.2 Å². The van der Waals surface area contributed by atoms with Crippen molar-refractivity contribution >= 4 is 11.6 Å². The molecular weight excluding hydrogens is 316 g/mol. The second-order valence-electron chi connectivity index (χ2n) is 6.85. The number of nitro groups is 1. The highest BCUT2D eigenvalue weighted by atomic mass is 16.6. The number of rotatable bonds is 5. The maximum absolute atomic E-state index is 13.1. The summed E-state index contributed by atoms with van der Waals surface area (Å²) in [6.07, 6.45) is 4.08. The number of nitro benzene ring substituents is 1. The third-order valence-corrected chi connectivity index (χ3v) is 5.20. The summed E-state index contributed by atoms with van der Waals surface area (Å²) in [5.74, 6) is -0.00139. The lowest BCUT2D eigenvalue weighted by Gasteiger charge is -2.30. The summed E-state index contributed by atoms with van der Waals surface area (Å²) in [7, 11) is 0. The van der Waals surface area contributed by atoms with E-state index in [0.717, 1.165) is 25.7 Å². The monoisotopic (exact) mass is 336 g/mol. The molecule has 2 aromatic carbocycles. The number of fused-ring (bicyclic) bond motifs is 1. The van der Waals surface area contributed by atoms with Gasteiger partial charge in [-0.05, 0) is 36.8 Å². The molecule has 1 unspecified atom stereocenters. The number of aryl methyl sites for hydroxylation is 1. The highest BCUT2D eigenvalue weighted by Crippen LogP contribution is 2.42. The van der Waals surface area contributed by atoms with Crippen LogP contribution in [0.3, 0.4) is 0 Å². The molecule has 25 heavy (non-hydrogen) atoms. The molecule has 0 radical (unpaired) electrons. The summed E-state index contributed by atoms with van der Waals surface area (Å²) in [5, 5.41) is 11.2. The largest absolute Gasteiger partial charge is 0.332 e. The van der Waals surface area contributed by atoms with Crippen LogP contribution in [0.4, 0.5) is 5.69 Å². The van der Waals surface area contributed by atoms with E-state index in [1.165, 1.54) is 17.2 Å². The van der Waals surface area contributed by atoms with Crippen LogP contribution in [-0.4, -0.2) is 21.8 Å². The van der Waals surface area contributed by atoms with Gasteiger partial charge in [-0.2, -0.15) is 0 Å². The first kappa shape index (κ1) is 15.8. The quantitative estimate of drug-likeness (QED) is 0.616. The van der Waals surface area contributed by atoms with E-state index in [1.807, 2.05) is 17.0 Å². The molecule has 0 aromatic heterocycles. The molecule has 0 N–H and O–H groups in total. The van der Waals surface area contributed by atoms with Crippen LogP contribution in [0.15, 0.2) is 48.5 Å². The highest BCUT2D eigenvalue weighted by molar-refractivity contribution is 5.81. The molecule has 0 aliphatic heterocycles. The van der Waals surface area contributed by atoms with Gasteiger partial charge in [0.2, 0.25) is 5.91 Å². The van der Waals surface area contributed by atoms with Gasteiger partial charge >= 0.3 is 0 Å². The van der Waals surface area contributed by atoms with E-state index in [0.29, 0.717) is 5.56 Å². The summed E-state index contributed by atoms with van der Waals surface area (Å²) in [5.41, 5.74) is 3.08. The zero-order valence-corrected chi connectivity index (χ0v) is 13.9. The predicted octanol–water partition coefficient (Wildman–Crippen LogP) is 3.82. The van der Waals surface area contributed by atoms with Crippen LogP contribution < -0.4 is 0 Å². The van der Waals surface area contributed by atoms with Gasteiger partial charge in [-0.25, -0.2) is 0 Å². The van der Waals surface area contributed by atoms with Crippen molar-refractivity contribution in [2.24, 2.45) is 0 Å². The topological polar surface area (TPSA) is 63.4 Å². The van der Waals surface area contributed by atoms with Crippen molar-refractivity contribution < 1.29 is 9.72 Å². The second-order valence-corrected chi connectivity index (χ2v) is 6.85. The Morgan fingerprint density at radius 1 is 1.08 bits per heavy atom. The number of benzene rings is 2. The Morgan fingerprint density at radius 2 is 1.80 bits per heavy atom. The molecular formula is C20H20N2O3. The molecule has 1 amide bonds. The van der Waals surface area contributed by atoms with Crippen LogP contribution in [-0.2, 0) is 17.6 Å². The van der Waals surface area contributed by atoms with Gasteiger partial charge in [0.05, 0.1) is 17.4 Å². The molecule has 5 nitrogen and oxygen atoms in total. The van der Waals surface area contributed by atoms with E-state index in [-0.39, 0.29) is 30.1 Å². The average molecular weight is 336 g/mol. The smallest absolute Gasteiger partial charge is 0.273 e. The zero-order valence-electron chi connectivity index (χ0n) is 13.9. The Hall–Kier alpha value is -2.69. The SMILES string of the molecule is O=C(Cc1ccccc1[N+](=O)[O-])N(C1CC1)C1CCc2ccccc21. The van der Waals surface area contributed by atoms with Crippen LogP contribution in [0.25, 0.3) is 0 Å². The lowest BCUT2D eigenvalue weighted by atomic mass is 10.0. The Bertz CT molecular complexity index is 829. The van der Waals surface area contributed by atoms with Crippen molar-refractivity contribution in [3.63, 3.8) is 0 Å². The molecule has 1 atom stereocenters. The minimum atomic E-state index is -0.408. The molecule has 2 aliphatic carbocycles. The predicted molar refractivity (Wildman–Crippen MR) is 94.2 cm³/mol. The molecule has 0 heterocycles. The Kier molecular flexibility index (Phi) is 3.99. The summed E-state index contributed by atoms with van der Waals surface area (Å²) in [4.78, 5) is 25.9. The lowest BCUT2D eigenvalue weighted by molar-refractivity contribution is -0.385. The molecule has 1 saturated carbocycles. The summed E-state index contributed by atoms with van der Waals surface area (Å²) < 4.78 is 0.